The van der Waals surface area contributed by atoms with Crippen molar-refractivity contribution in [1.82, 2.24) is 0 Å². The van der Waals surface area contributed by atoms with E-state index in [2.05, 4.69) is 0 Å². The number of esters is 1. The monoisotopic (exact) mass is 448 g/mol. The number of non-ortho nitro benzene ring substituents is 1. The van der Waals surface area contributed by atoms with Crippen molar-refractivity contribution in [3.8, 4) is 0 Å². The number of ketones is 1. The maximum Gasteiger partial charge on any atom is 0.338 e. The predicted molar refractivity (Wildman–Crippen MR) is 114 cm³/mol. The number of anilines is 1. The van der Waals surface area contributed by atoms with Crippen LogP contribution < -0.4 is 4.90 Å². The first kappa shape index (κ1) is 21.0. The minimum atomic E-state index is -0.755. The Morgan fingerprint density at radius 3 is 2.21 bits per heavy atom. The van der Waals surface area contributed by atoms with E-state index in [1.54, 1.807) is 0 Å². The molecule has 2 aliphatic carbocycles. The molecule has 1 heterocycles. The Morgan fingerprint density at radius 1 is 0.970 bits per heavy atom. The van der Waals surface area contributed by atoms with E-state index < -0.39 is 23.3 Å². The molecular weight excluding hydrogens is 428 g/mol. The van der Waals surface area contributed by atoms with Gasteiger partial charge in [-0.2, -0.15) is 0 Å². The van der Waals surface area contributed by atoms with Crippen LogP contribution in [0.2, 0.25) is 0 Å². The molecule has 33 heavy (non-hydrogen) atoms. The highest BCUT2D eigenvalue weighted by molar-refractivity contribution is 6.22. The number of hydrogen-bond acceptors (Lipinski definition) is 7. The predicted octanol–water partition coefficient (Wildman–Crippen LogP) is 3.17. The highest BCUT2D eigenvalue weighted by Crippen LogP contribution is 2.56. The summed E-state index contributed by atoms with van der Waals surface area (Å²) in [6.07, 6.45) is 2.96. The van der Waals surface area contributed by atoms with Crippen molar-refractivity contribution < 1.29 is 28.8 Å². The molecule has 2 aromatic rings. The standard InChI is InChI=1S/C24H20N2O7/c27-19(14-2-1-3-18(11-14)26(31)32)12-33-24(30)13-6-8-17(9-7-13)25-22(28)20-15-4-5-16(10-15)21(20)23(25)29/h1-3,6-9,11,15-16,20-21H,4-5,10,12H2/t15-,16-,20-,21-/m0/s1. The Hall–Kier alpha value is -3.88. The number of ether oxygens (including phenoxy) is 1. The minimum absolute atomic E-state index is 0.0675. The van der Waals surface area contributed by atoms with Crippen LogP contribution in [0.3, 0.4) is 0 Å². The quantitative estimate of drug-likeness (QED) is 0.219. The maximum absolute atomic E-state index is 12.9. The number of nitro benzene ring substituents is 1. The number of rotatable bonds is 6. The third kappa shape index (κ3) is 3.49. The molecule has 2 amide bonds. The number of benzene rings is 2. The smallest absolute Gasteiger partial charge is 0.338 e. The van der Waals surface area contributed by atoms with Crippen LogP contribution in [-0.4, -0.2) is 35.1 Å². The van der Waals surface area contributed by atoms with Gasteiger partial charge in [0.05, 0.1) is 28.0 Å². The zero-order valence-electron chi connectivity index (χ0n) is 17.5. The molecule has 1 saturated heterocycles. The molecule has 168 valence electrons. The van der Waals surface area contributed by atoms with Gasteiger partial charge in [-0.3, -0.25) is 29.4 Å². The van der Waals surface area contributed by atoms with E-state index in [0.29, 0.717) is 17.5 Å². The van der Waals surface area contributed by atoms with Gasteiger partial charge in [0.1, 0.15) is 0 Å². The Balaban J connectivity index is 1.24. The molecule has 2 saturated carbocycles. The van der Waals surface area contributed by atoms with E-state index in [1.807, 2.05) is 0 Å². The highest BCUT2D eigenvalue weighted by atomic mass is 16.6. The average molecular weight is 448 g/mol. The molecule has 4 atom stereocenters. The van der Waals surface area contributed by atoms with Crippen molar-refractivity contribution in [2.75, 3.05) is 11.5 Å². The van der Waals surface area contributed by atoms with E-state index in [9.17, 15) is 29.3 Å². The van der Waals surface area contributed by atoms with Crippen LogP contribution in [0, 0.1) is 33.8 Å². The number of carbonyl (C=O) groups is 4. The zero-order valence-corrected chi connectivity index (χ0v) is 17.5. The lowest BCUT2D eigenvalue weighted by Gasteiger charge is -2.19. The molecule has 3 fully saturated rings. The molecule has 9 nitrogen and oxygen atoms in total. The molecule has 2 aromatic carbocycles. The Kier molecular flexibility index (Phi) is 5.03. The van der Waals surface area contributed by atoms with Crippen LogP contribution >= 0.6 is 0 Å². The Labute approximate surface area is 188 Å². The van der Waals surface area contributed by atoms with Crippen molar-refractivity contribution in [2.24, 2.45) is 23.7 Å². The van der Waals surface area contributed by atoms with Gasteiger partial charge >= 0.3 is 5.97 Å². The summed E-state index contributed by atoms with van der Waals surface area (Å²) in [4.78, 5) is 61.9. The van der Waals surface area contributed by atoms with Gasteiger partial charge in [-0.15, -0.1) is 0 Å². The van der Waals surface area contributed by atoms with Gasteiger partial charge in [-0.25, -0.2) is 4.79 Å². The first-order valence-electron chi connectivity index (χ1n) is 10.8. The first-order valence-corrected chi connectivity index (χ1v) is 10.8. The number of imide groups is 1. The van der Waals surface area contributed by atoms with Crippen LogP contribution in [0.25, 0.3) is 0 Å². The van der Waals surface area contributed by atoms with Crippen LogP contribution in [0.15, 0.2) is 48.5 Å². The second-order valence-electron chi connectivity index (χ2n) is 8.75. The fourth-order valence-electron chi connectivity index (χ4n) is 5.50. The number of hydrogen-bond donors (Lipinski definition) is 0. The molecule has 0 N–H and O–H groups in total. The van der Waals surface area contributed by atoms with Gasteiger partial charge in [-0.1, -0.05) is 12.1 Å². The van der Waals surface area contributed by atoms with E-state index in [0.717, 1.165) is 25.3 Å². The molecule has 1 aliphatic heterocycles. The second kappa shape index (κ2) is 7.91. The fourth-order valence-corrected chi connectivity index (χ4v) is 5.50. The first-order chi connectivity index (χ1) is 15.8. The number of fused-ring (bicyclic) bond motifs is 5. The zero-order chi connectivity index (χ0) is 23.3. The molecule has 9 heteroatoms. The van der Waals surface area contributed by atoms with Gasteiger partial charge in [0.15, 0.2) is 6.61 Å². The number of Topliss-reactive ketones (excluding diaryl/α,β-unsaturated/α-hetero) is 1. The lowest BCUT2D eigenvalue weighted by Crippen LogP contribution is -2.32. The van der Waals surface area contributed by atoms with Crippen molar-refractivity contribution >= 4 is 34.9 Å². The van der Waals surface area contributed by atoms with Gasteiger partial charge in [0.2, 0.25) is 17.6 Å². The normalized spacial score (nSPS) is 25.3. The molecule has 0 aromatic heterocycles. The van der Waals surface area contributed by atoms with Crippen LogP contribution in [0.4, 0.5) is 11.4 Å². The van der Waals surface area contributed by atoms with E-state index in [4.69, 9.17) is 4.74 Å². The largest absolute Gasteiger partial charge is 0.454 e. The summed E-state index contributed by atoms with van der Waals surface area (Å²) in [6.45, 7) is -0.572. The van der Waals surface area contributed by atoms with Crippen LogP contribution in [0.5, 0.6) is 0 Å². The summed E-state index contributed by atoms with van der Waals surface area (Å²) < 4.78 is 5.04. The summed E-state index contributed by atoms with van der Waals surface area (Å²) in [7, 11) is 0. The maximum atomic E-state index is 12.9. The summed E-state index contributed by atoms with van der Waals surface area (Å²) in [5.41, 5.74) is 0.414. The number of nitro groups is 1. The molecule has 0 spiro atoms. The third-order valence-electron chi connectivity index (χ3n) is 7.00. The molecule has 2 bridgehead atoms. The van der Waals surface area contributed by atoms with E-state index in [1.165, 1.54) is 47.4 Å². The lowest BCUT2D eigenvalue weighted by atomic mass is 9.81. The van der Waals surface area contributed by atoms with Crippen molar-refractivity contribution in [2.45, 2.75) is 19.3 Å². The lowest BCUT2D eigenvalue weighted by molar-refractivity contribution is -0.384. The summed E-state index contributed by atoms with van der Waals surface area (Å²) in [6, 6.07) is 11.1. The number of nitrogens with zero attached hydrogens (tertiary/aromatic N) is 2. The third-order valence-corrected chi connectivity index (χ3v) is 7.00. The minimum Gasteiger partial charge on any atom is -0.454 e. The van der Waals surface area contributed by atoms with Crippen molar-refractivity contribution in [3.63, 3.8) is 0 Å². The summed E-state index contributed by atoms with van der Waals surface area (Å²) >= 11 is 0. The van der Waals surface area contributed by atoms with E-state index >= 15 is 0 Å². The summed E-state index contributed by atoms with van der Waals surface area (Å²) in [5.74, 6) is -1.50. The van der Waals surface area contributed by atoms with Gasteiger partial charge in [-0.05, 0) is 55.4 Å². The average Bonchev–Trinajstić information content (AvgIpc) is 3.51. The van der Waals surface area contributed by atoms with Crippen molar-refractivity contribution in [1.29, 1.82) is 0 Å². The molecule has 3 aliphatic rings. The number of carbonyl (C=O) groups excluding carboxylic acids is 4. The molecular formula is C24H20N2O7. The van der Waals surface area contributed by atoms with Crippen molar-refractivity contribution in [3.05, 3.63) is 69.8 Å². The molecule has 0 radical (unpaired) electrons. The number of amides is 2. The Morgan fingerprint density at radius 2 is 1.61 bits per heavy atom. The second-order valence-corrected chi connectivity index (χ2v) is 8.75. The summed E-state index contributed by atoms with van der Waals surface area (Å²) in [5, 5.41) is 10.8. The topological polar surface area (TPSA) is 124 Å². The van der Waals surface area contributed by atoms with Gasteiger partial charge in [0.25, 0.3) is 5.69 Å². The van der Waals surface area contributed by atoms with Crippen LogP contribution in [-0.2, 0) is 14.3 Å². The molecule has 0 unspecified atom stereocenters. The SMILES string of the molecule is O=C(COC(=O)c1ccc(N2C(=O)[C@H]3[C@H]4CC[C@@H](C4)[C@@H]3C2=O)cc1)c1cccc([N+](=O)[O-])c1. The van der Waals surface area contributed by atoms with Gasteiger partial charge < -0.3 is 4.74 Å². The van der Waals surface area contributed by atoms with Gasteiger partial charge in [0, 0.05) is 17.7 Å². The Bertz CT molecular complexity index is 1160. The molecule has 5 rings (SSSR count). The highest BCUT2D eigenvalue weighted by Gasteiger charge is 2.61. The fraction of sp³-hybridized carbons (Fsp3) is 0.333. The van der Waals surface area contributed by atoms with Crippen LogP contribution in [0.1, 0.15) is 40.0 Å². The van der Waals surface area contributed by atoms with E-state index in [-0.39, 0.29) is 40.5 Å².